The lowest BCUT2D eigenvalue weighted by Gasteiger charge is -2.35. The molecule has 1 atom stereocenters. The van der Waals surface area contributed by atoms with E-state index in [2.05, 4.69) is 0 Å². The van der Waals surface area contributed by atoms with E-state index in [-0.39, 0.29) is 11.8 Å². The minimum Gasteiger partial charge on any atom is -0.384 e. The molecule has 1 fully saturated rings. The molecule has 3 rings (SSSR count). The second-order valence-electron chi connectivity index (χ2n) is 5.71. The lowest BCUT2D eigenvalue weighted by atomic mass is 10.2. The Bertz CT molecular complexity index is 538. The predicted octanol–water partition coefficient (Wildman–Crippen LogP) is 0.902. The first-order chi connectivity index (χ1) is 10.1. The molecule has 0 saturated carbocycles. The molecule has 1 aliphatic heterocycles. The number of aliphatic hydroxyl groups excluding tert-OH is 1. The number of carbonyl (C=O) groups is 2. The first-order valence-corrected chi connectivity index (χ1v) is 8.25. The summed E-state index contributed by atoms with van der Waals surface area (Å²) in [5, 5.41) is 9.32. The lowest BCUT2D eigenvalue weighted by molar-refractivity contribution is -0.140. The Balaban J connectivity index is 1.61. The monoisotopic (exact) mass is 308 g/mol. The summed E-state index contributed by atoms with van der Waals surface area (Å²) < 4.78 is 0. The van der Waals surface area contributed by atoms with Crippen molar-refractivity contribution < 1.29 is 14.7 Å². The van der Waals surface area contributed by atoms with Gasteiger partial charge in [0.05, 0.1) is 4.88 Å². The minimum absolute atomic E-state index is 0.0820. The zero-order valence-electron chi connectivity index (χ0n) is 12.2. The van der Waals surface area contributed by atoms with Gasteiger partial charge in [-0.1, -0.05) is 0 Å². The topological polar surface area (TPSA) is 60.9 Å². The quantitative estimate of drug-likeness (QED) is 0.883. The number of aliphatic hydroxyl groups is 1. The van der Waals surface area contributed by atoms with Gasteiger partial charge in [-0.05, 0) is 37.8 Å². The standard InChI is InChI=1S/C15H20N2O3S/c1-10(18)14(19)16-5-7-17(8-6-16)15(20)13-9-11-3-2-4-12(11)21-13/h9-10,18H,2-8H2,1H3. The van der Waals surface area contributed by atoms with Crippen LogP contribution in [0.25, 0.3) is 0 Å². The molecular weight excluding hydrogens is 288 g/mol. The molecule has 1 aromatic heterocycles. The van der Waals surface area contributed by atoms with Crippen molar-refractivity contribution >= 4 is 23.2 Å². The maximum Gasteiger partial charge on any atom is 0.264 e. The Kier molecular flexibility index (Phi) is 3.99. The number of aryl methyl sites for hydroxylation is 2. The van der Waals surface area contributed by atoms with E-state index in [4.69, 9.17) is 0 Å². The number of fused-ring (bicyclic) bond motifs is 1. The van der Waals surface area contributed by atoms with E-state index in [0.29, 0.717) is 26.2 Å². The van der Waals surface area contributed by atoms with Crippen LogP contribution < -0.4 is 0 Å². The second-order valence-corrected chi connectivity index (χ2v) is 6.84. The molecule has 1 N–H and O–H groups in total. The molecule has 21 heavy (non-hydrogen) atoms. The third-order valence-electron chi connectivity index (χ3n) is 4.19. The van der Waals surface area contributed by atoms with Crippen LogP contribution in [0.3, 0.4) is 0 Å². The highest BCUT2D eigenvalue weighted by molar-refractivity contribution is 7.14. The third-order valence-corrected chi connectivity index (χ3v) is 5.42. The molecule has 2 heterocycles. The number of piperazine rings is 1. The smallest absolute Gasteiger partial charge is 0.264 e. The fraction of sp³-hybridized carbons (Fsp3) is 0.600. The lowest BCUT2D eigenvalue weighted by Crippen LogP contribution is -2.52. The summed E-state index contributed by atoms with van der Waals surface area (Å²) in [5.41, 5.74) is 1.34. The summed E-state index contributed by atoms with van der Waals surface area (Å²) in [4.78, 5) is 29.8. The van der Waals surface area contributed by atoms with Crippen LogP contribution in [-0.2, 0) is 17.6 Å². The summed E-state index contributed by atoms with van der Waals surface area (Å²) in [5.74, 6) is -0.171. The number of carbonyl (C=O) groups excluding carboxylic acids is 2. The van der Waals surface area contributed by atoms with Gasteiger partial charge in [-0.2, -0.15) is 0 Å². The van der Waals surface area contributed by atoms with E-state index < -0.39 is 6.10 Å². The molecule has 2 aliphatic rings. The number of hydrogen-bond acceptors (Lipinski definition) is 4. The highest BCUT2D eigenvalue weighted by Crippen LogP contribution is 2.31. The van der Waals surface area contributed by atoms with Crippen molar-refractivity contribution in [3.05, 3.63) is 21.4 Å². The van der Waals surface area contributed by atoms with Gasteiger partial charge in [-0.3, -0.25) is 9.59 Å². The highest BCUT2D eigenvalue weighted by atomic mass is 32.1. The fourth-order valence-corrected chi connectivity index (χ4v) is 4.21. The molecule has 0 aromatic carbocycles. The Morgan fingerprint density at radius 3 is 2.48 bits per heavy atom. The highest BCUT2D eigenvalue weighted by Gasteiger charge is 2.28. The average Bonchev–Trinajstić information content (AvgIpc) is 3.07. The minimum atomic E-state index is -0.965. The van der Waals surface area contributed by atoms with Gasteiger partial charge in [0.15, 0.2) is 0 Å². The van der Waals surface area contributed by atoms with Crippen molar-refractivity contribution in [3.8, 4) is 0 Å². The molecule has 114 valence electrons. The summed E-state index contributed by atoms with van der Waals surface area (Å²) in [6.45, 7) is 3.56. The first-order valence-electron chi connectivity index (χ1n) is 7.44. The Morgan fingerprint density at radius 1 is 1.19 bits per heavy atom. The van der Waals surface area contributed by atoms with Crippen molar-refractivity contribution in [2.24, 2.45) is 0 Å². The molecule has 0 bridgehead atoms. The summed E-state index contributed by atoms with van der Waals surface area (Å²) in [6, 6.07) is 2.04. The molecule has 1 saturated heterocycles. The van der Waals surface area contributed by atoms with Gasteiger partial charge < -0.3 is 14.9 Å². The second kappa shape index (κ2) is 5.77. The number of thiophene rings is 1. The molecule has 0 radical (unpaired) electrons. The van der Waals surface area contributed by atoms with Crippen molar-refractivity contribution in [2.75, 3.05) is 26.2 Å². The van der Waals surface area contributed by atoms with Crippen LogP contribution in [0.2, 0.25) is 0 Å². The SMILES string of the molecule is CC(O)C(=O)N1CCN(C(=O)c2cc3c(s2)CCC3)CC1. The molecule has 2 amide bonds. The Hall–Kier alpha value is -1.40. The summed E-state index contributed by atoms with van der Waals surface area (Å²) in [7, 11) is 0. The van der Waals surface area contributed by atoms with Gasteiger partial charge >= 0.3 is 0 Å². The molecular formula is C15H20N2O3S. The fourth-order valence-electron chi connectivity index (χ4n) is 2.98. The summed E-state index contributed by atoms with van der Waals surface area (Å²) in [6.07, 6.45) is 2.43. The predicted molar refractivity (Wildman–Crippen MR) is 80.5 cm³/mol. The molecule has 1 aliphatic carbocycles. The first kappa shape index (κ1) is 14.5. The molecule has 1 aromatic rings. The van der Waals surface area contributed by atoms with Crippen molar-refractivity contribution in [3.63, 3.8) is 0 Å². The summed E-state index contributed by atoms with van der Waals surface area (Å²) >= 11 is 1.62. The van der Waals surface area contributed by atoms with Gasteiger partial charge in [0.1, 0.15) is 6.10 Å². The Morgan fingerprint density at radius 2 is 1.86 bits per heavy atom. The normalized spacial score (nSPS) is 19.5. The van der Waals surface area contributed by atoms with Crippen LogP contribution in [-0.4, -0.2) is 59.0 Å². The van der Waals surface area contributed by atoms with Crippen LogP contribution in [0.1, 0.15) is 33.5 Å². The largest absolute Gasteiger partial charge is 0.384 e. The van der Waals surface area contributed by atoms with E-state index in [1.807, 2.05) is 11.0 Å². The maximum atomic E-state index is 12.5. The van der Waals surface area contributed by atoms with Crippen molar-refractivity contribution in [1.82, 2.24) is 9.80 Å². The van der Waals surface area contributed by atoms with Gasteiger partial charge in [0, 0.05) is 31.1 Å². The number of amides is 2. The van der Waals surface area contributed by atoms with E-state index in [9.17, 15) is 14.7 Å². The number of nitrogens with zero attached hydrogens (tertiary/aromatic N) is 2. The van der Waals surface area contributed by atoms with Gasteiger partial charge in [-0.15, -0.1) is 11.3 Å². The Labute approximate surface area is 128 Å². The zero-order valence-corrected chi connectivity index (χ0v) is 13.0. The van der Waals surface area contributed by atoms with Crippen molar-refractivity contribution in [1.29, 1.82) is 0 Å². The van der Waals surface area contributed by atoms with Crippen LogP contribution in [0.4, 0.5) is 0 Å². The van der Waals surface area contributed by atoms with Crippen LogP contribution in [0, 0.1) is 0 Å². The van der Waals surface area contributed by atoms with Gasteiger partial charge in [0.2, 0.25) is 0 Å². The van der Waals surface area contributed by atoms with Gasteiger partial charge in [-0.25, -0.2) is 0 Å². The van der Waals surface area contributed by atoms with E-state index in [0.717, 1.165) is 17.7 Å². The van der Waals surface area contributed by atoms with Crippen LogP contribution in [0.5, 0.6) is 0 Å². The van der Waals surface area contributed by atoms with Crippen molar-refractivity contribution in [2.45, 2.75) is 32.3 Å². The molecule has 5 nitrogen and oxygen atoms in total. The van der Waals surface area contributed by atoms with Gasteiger partial charge in [0.25, 0.3) is 11.8 Å². The van der Waals surface area contributed by atoms with Crippen LogP contribution in [0.15, 0.2) is 6.07 Å². The van der Waals surface area contributed by atoms with E-state index >= 15 is 0 Å². The third kappa shape index (κ3) is 2.82. The number of rotatable bonds is 2. The van der Waals surface area contributed by atoms with Crippen LogP contribution >= 0.6 is 11.3 Å². The van der Waals surface area contributed by atoms with E-state index in [1.54, 1.807) is 16.2 Å². The number of hydrogen-bond donors (Lipinski definition) is 1. The molecule has 1 unspecified atom stereocenters. The zero-order chi connectivity index (χ0) is 15.0. The molecule has 0 spiro atoms. The average molecular weight is 308 g/mol. The van der Waals surface area contributed by atoms with E-state index in [1.165, 1.54) is 23.8 Å². The maximum absolute atomic E-state index is 12.5. The molecule has 6 heteroatoms.